The normalized spacial score (nSPS) is 11.9. The van der Waals surface area contributed by atoms with Crippen LogP contribution >= 0.6 is 11.3 Å². The summed E-state index contributed by atoms with van der Waals surface area (Å²) in [6.45, 7) is 0. The third kappa shape index (κ3) is 5.31. The van der Waals surface area contributed by atoms with E-state index in [0.717, 1.165) is 99.3 Å². The van der Waals surface area contributed by atoms with Crippen LogP contribution in [-0.4, -0.2) is 50.0 Å². The second kappa shape index (κ2) is 13.1. The molecule has 12 heteroatoms. The quantitative estimate of drug-likeness (QED) is 0.153. The van der Waals surface area contributed by atoms with E-state index < -0.39 is 0 Å². The van der Waals surface area contributed by atoms with Crippen molar-refractivity contribution in [1.82, 2.24) is 50.0 Å². The first-order chi connectivity index (χ1) is 29.4. The van der Waals surface area contributed by atoms with E-state index in [2.05, 4.69) is 132 Å². The summed E-state index contributed by atoms with van der Waals surface area (Å²) in [4.78, 5) is 12.0. The predicted octanol–water partition coefficient (Wildman–Crippen LogP) is 10.9. The van der Waals surface area contributed by atoms with Crippen LogP contribution in [-0.2, 0) is 21.1 Å². The maximum Gasteiger partial charge on any atom is 0.137 e. The van der Waals surface area contributed by atoms with E-state index in [1.165, 1.54) is 15.5 Å². The number of rotatable bonds is 6. The Kier molecular flexibility index (Phi) is 7.47. The van der Waals surface area contributed by atoms with Crippen LogP contribution in [0.2, 0.25) is 0 Å². The molecule has 0 spiro atoms. The number of nitrogens with zero attached hydrogens (tertiary/aromatic N) is 11. The number of anilines is 3. The SMILES string of the molecule is Cn1nc2cccc(N(c3ccc(-c4ccc(-c5nc6ccccc6s5)cc4)c4nn(C)nc34)c3ccc(-c4c5ccccc5cc5ccccc45)c4nn(C)nc34)c2n1. The van der Waals surface area contributed by atoms with Crippen molar-refractivity contribution in [2.45, 2.75) is 0 Å². The second-order valence-corrected chi connectivity index (χ2v) is 16.0. The monoisotopic (exact) mass is 795 g/mol. The van der Waals surface area contributed by atoms with Crippen molar-refractivity contribution in [3.63, 3.8) is 0 Å². The highest BCUT2D eigenvalue weighted by Gasteiger charge is 2.27. The van der Waals surface area contributed by atoms with Crippen LogP contribution < -0.4 is 4.90 Å². The summed E-state index contributed by atoms with van der Waals surface area (Å²) in [5.41, 5.74) is 13.2. The van der Waals surface area contributed by atoms with Gasteiger partial charge in [0.05, 0.1) is 27.3 Å². The molecular formula is C48H33N11S. The number of fused-ring (bicyclic) bond motifs is 6. The minimum Gasteiger partial charge on any atom is -0.304 e. The lowest BCUT2D eigenvalue weighted by Gasteiger charge is -2.26. The van der Waals surface area contributed by atoms with Crippen molar-refractivity contribution in [3.05, 3.63) is 146 Å². The molecule has 0 amide bonds. The fourth-order valence-corrected chi connectivity index (χ4v) is 9.62. The van der Waals surface area contributed by atoms with Crippen molar-refractivity contribution in [1.29, 1.82) is 0 Å². The van der Waals surface area contributed by atoms with Gasteiger partial charge in [0.2, 0.25) is 0 Å². The van der Waals surface area contributed by atoms with Gasteiger partial charge in [-0.15, -0.1) is 11.3 Å². The van der Waals surface area contributed by atoms with Crippen molar-refractivity contribution in [3.8, 4) is 32.8 Å². The molecule has 4 aromatic heterocycles. The minimum absolute atomic E-state index is 0.729. The molecule has 4 heterocycles. The predicted molar refractivity (Wildman–Crippen MR) is 242 cm³/mol. The van der Waals surface area contributed by atoms with Gasteiger partial charge in [-0.2, -0.15) is 45.0 Å². The van der Waals surface area contributed by atoms with E-state index in [0.29, 0.717) is 0 Å². The van der Waals surface area contributed by atoms with Gasteiger partial charge >= 0.3 is 0 Å². The highest BCUT2D eigenvalue weighted by atomic mass is 32.1. The van der Waals surface area contributed by atoms with Gasteiger partial charge in [-0.3, -0.25) is 0 Å². The maximum absolute atomic E-state index is 5.09. The van der Waals surface area contributed by atoms with Gasteiger partial charge in [0.1, 0.15) is 38.1 Å². The molecule has 0 unspecified atom stereocenters. The van der Waals surface area contributed by atoms with Crippen molar-refractivity contribution >= 4 is 93.3 Å². The maximum atomic E-state index is 5.09. The topological polar surface area (TPSA) is 108 Å². The van der Waals surface area contributed by atoms with Crippen LogP contribution in [0.15, 0.2) is 146 Å². The fourth-order valence-electron chi connectivity index (χ4n) is 8.64. The molecular weight excluding hydrogens is 763 g/mol. The molecule has 0 aliphatic carbocycles. The molecule has 12 aromatic rings. The molecule has 11 nitrogen and oxygen atoms in total. The van der Waals surface area contributed by atoms with Crippen LogP contribution in [0, 0.1) is 0 Å². The number of benzene rings is 8. The molecule has 0 N–H and O–H groups in total. The highest BCUT2D eigenvalue weighted by Crippen LogP contribution is 2.47. The molecule has 12 rings (SSSR count). The van der Waals surface area contributed by atoms with Crippen LogP contribution in [0.3, 0.4) is 0 Å². The molecule has 0 bridgehead atoms. The van der Waals surface area contributed by atoms with E-state index in [1.807, 2.05) is 39.3 Å². The van der Waals surface area contributed by atoms with Crippen LogP contribution in [0.25, 0.3) is 97.7 Å². The third-order valence-corrected chi connectivity index (χ3v) is 12.3. The third-order valence-electron chi connectivity index (χ3n) is 11.2. The van der Waals surface area contributed by atoms with Crippen molar-refractivity contribution < 1.29 is 0 Å². The Morgan fingerprint density at radius 2 is 0.967 bits per heavy atom. The minimum atomic E-state index is 0.729. The number of hydrogen-bond acceptors (Lipinski definition) is 9. The number of para-hydroxylation sites is 1. The lowest BCUT2D eigenvalue weighted by molar-refractivity contribution is 0.665. The zero-order chi connectivity index (χ0) is 40.1. The van der Waals surface area contributed by atoms with Crippen molar-refractivity contribution in [2.75, 3.05) is 4.90 Å². The highest BCUT2D eigenvalue weighted by molar-refractivity contribution is 7.21. The zero-order valence-electron chi connectivity index (χ0n) is 32.7. The molecule has 8 aromatic carbocycles. The Morgan fingerprint density at radius 1 is 0.433 bits per heavy atom. The summed E-state index contributed by atoms with van der Waals surface area (Å²) in [5, 5.41) is 35.4. The van der Waals surface area contributed by atoms with E-state index in [1.54, 1.807) is 25.7 Å². The van der Waals surface area contributed by atoms with Gasteiger partial charge in [0.15, 0.2) is 0 Å². The Bertz CT molecular complexity index is 3580. The van der Waals surface area contributed by atoms with Gasteiger partial charge in [-0.1, -0.05) is 91.0 Å². The standard InChI is InChI=1S/C48H33N11S/c1-56-50-37-16-10-17-38(45(37)53-56)59(40-26-24-35(44-47(40)55-58(3)52-44)42-32-13-6-4-11-30(32)27-31-12-5-7-14-33(31)42)39-25-23-34(43-46(39)54-57(2)51-43)28-19-21-29(22-20-28)48-49-36-15-8-9-18-41(36)60-48/h4-27H,1-3H3. The first kappa shape index (κ1) is 34.2. The summed E-state index contributed by atoms with van der Waals surface area (Å²) in [7, 11) is 5.58. The Hall–Kier alpha value is -7.83. The second-order valence-electron chi connectivity index (χ2n) is 15.0. The molecule has 286 valence electrons. The largest absolute Gasteiger partial charge is 0.304 e. The molecule has 0 radical (unpaired) electrons. The molecule has 0 aliphatic heterocycles. The van der Waals surface area contributed by atoms with Crippen molar-refractivity contribution in [2.24, 2.45) is 21.1 Å². The summed E-state index contributed by atoms with van der Waals surface area (Å²) in [6.07, 6.45) is 0. The molecule has 0 atom stereocenters. The number of hydrogen-bond donors (Lipinski definition) is 0. The van der Waals surface area contributed by atoms with E-state index in [9.17, 15) is 0 Å². The van der Waals surface area contributed by atoms with Gasteiger partial charge in [-0.05, 0) is 87.3 Å². The summed E-state index contributed by atoms with van der Waals surface area (Å²) >= 11 is 1.70. The molecule has 0 fully saturated rings. The first-order valence-electron chi connectivity index (χ1n) is 19.6. The van der Waals surface area contributed by atoms with Gasteiger partial charge < -0.3 is 4.90 Å². The average molecular weight is 796 g/mol. The Balaban J connectivity index is 1.07. The smallest absolute Gasteiger partial charge is 0.137 e. The Morgan fingerprint density at radius 3 is 1.67 bits per heavy atom. The molecule has 0 saturated heterocycles. The van der Waals surface area contributed by atoms with Crippen LogP contribution in [0.1, 0.15) is 0 Å². The van der Waals surface area contributed by atoms with Gasteiger partial charge in [0, 0.05) is 37.8 Å². The molecule has 60 heavy (non-hydrogen) atoms. The zero-order valence-corrected chi connectivity index (χ0v) is 33.5. The number of thiazole rings is 1. The lowest BCUT2D eigenvalue weighted by Crippen LogP contribution is -2.12. The summed E-state index contributed by atoms with van der Waals surface area (Å²) in [6, 6.07) is 50.8. The Labute approximate surface area is 346 Å². The van der Waals surface area contributed by atoms with Crippen LogP contribution in [0.5, 0.6) is 0 Å². The van der Waals surface area contributed by atoms with Gasteiger partial charge in [-0.25, -0.2) is 4.98 Å². The van der Waals surface area contributed by atoms with Gasteiger partial charge in [0.25, 0.3) is 0 Å². The first-order valence-corrected chi connectivity index (χ1v) is 20.4. The fraction of sp³-hybridized carbons (Fsp3) is 0.0625. The lowest BCUT2D eigenvalue weighted by atomic mass is 9.91. The summed E-state index contributed by atoms with van der Waals surface area (Å²) in [5.74, 6) is 0. The van der Waals surface area contributed by atoms with E-state index >= 15 is 0 Å². The number of aryl methyl sites for hydroxylation is 3. The van der Waals surface area contributed by atoms with E-state index in [-0.39, 0.29) is 0 Å². The van der Waals surface area contributed by atoms with E-state index in [4.69, 9.17) is 35.6 Å². The molecule has 0 saturated carbocycles. The molecule has 0 aliphatic rings. The van der Waals surface area contributed by atoms with Crippen LogP contribution in [0.4, 0.5) is 17.1 Å². The summed E-state index contributed by atoms with van der Waals surface area (Å²) < 4.78 is 1.17. The average Bonchev–Trinajstić information content (AvgIpc) is 4.07. The number of aromatic nitrogens is 10.